The zero-order chi connectivity index (χ0) is 20.6. The molecule has 1 saturated heterocycles. The Morgan fingerprint density at radius 3 is 2.48 bits per heavy atom. The molecule has 2 aliphatic rings. The number of hydrogen-bond acceptors (Lipinski definition) is 6. The van der Waals surface area contributed by atoms with Crippen molar-refractivity contribution in [3.8, 4) is 0 Å². The summed E-state index contributed by atoms with van der Waals surface area (Å²) < 4.78 is 27.8. The fourth-order valence-corrected chi connectivity index (χ4v) is 6.05. The number of amides is 2. The molecule has 2 amide bonds. The molecule has 1 aromatic heterocycles. The van der Waals surface area contributed by atoms with Crippen molar-refractivity contribution in [2.45, 2.75) is 42.9 Å². The summed E-state index contributed by atoms with van der Waals surface area (Å²) in [6, 6.07) is 7.41. The van der Waals surface area contributed by atoms with Crippen LogP contribution in [0.15, 0.2) is 28.5 Å². The lowest BCUT2D eigenvalue weighted by Crippen LogP contribution is -2.31. The number of carbonyl (C=O) groups excluding carboxylic acids is 1. The molecular weight excluding hydrogens is 410 g/mol. The maximum atomic E-state index is 12.6. The van der Waals surface area contributed by atoms with Gasteiger partial charge in [0.25, 0.3) is 10.0 Å². The molecule has 2 N–H and O–H groups in total. The van der Waals surface area contributed by atoms with Gasteiger partial charge in [-0.2, -0.15) is 0 Å². The number of benzene rings is 1. The standard InChI is InChI=1S/C19H25N5O3S2/c1-13-17(29(26,27)22-15-5-6-15)28-19(20-13)23(2)18(25)21-14-7-9-16(10-8-14)24-11-3-4-12-24/h7-10,15,22H,3-6,11-12H2,1-2H3,(H,21,25). The minimum Gasteiger partial charge on any atom is -0.372 e. The SMILES string of the molecule is Cc1nc(N(C)C(=O)Nc2ccc(N3CCCC3)cc2)sc1S(=O)(=O)NC1CC1. The minimum absolute atomic E-state index is 0.0227. The molecule has 2 heterocycles. The van der Waals surface area contributed by atoms with Crippen molar-refractivity contribution in [1.82, 2.24) is 9.71 Å². The molecule has 1 aliphatic carbocycles. The van der Waals surface area contributed by atoms with Gasteiger partial charge in [-0.15, -0.1) is 0 Å². The highest BCUT2D eigenvalue weighted by molar-refractivity contribution is 7.91. The van der Waals surface area contributed by atoms with Crippen LogP contribution >= 0.6 is 11.3 Å². The maximum Gasteiger partial charge on any atom is 0.327 e. The van der Waals surface area contributed by atoms with Crippen LogP contribution in [0.25, 0.3) is 0 Å². The predicted octanol–water partition coefficient (Wildman–Crippen LogP) is 3.16. The van der Waals surface area contributed by atoms with Crippen LogP contribution in [0.1, 0.15) is 31.4 Å². The molecule has 0 spiro atoms. The van der Waals surface area contributed by atoms with Gasteiger partial charge < -0.3 is 10.2 Å². The molecule has 1 aromatic carbocycles. The second-order valence-corrected chi connectivity index (χ2v) is 10.4. The Hall–Kier alpha value is -2.17. The van der Waals surface area contributed by atoms with Gasteiger partial charge in [-0.3, -0.25) is 4.90 Å². The fourth-order valence-electron chi connectivity index (χ4n) is 3.26. The van der Waals surface area contributed by atoms with Crippen LogP contribution < -0.4 is 19.8 Å². The first kappa shape index (κ1) is 20.1. The number of nitrogens with zero attached hydrogens (tertiary/aromatic N) is 3. The highest BCUT2D eigenvalue weighted by atomic mass is 32.2. The van der Waals surface area contributed by atoms with Crippen molar-refractivity contribution >= 4 is 43.9 Å². The molecule has 8 nitrogen and oxygen atoms in total. The zero-order valence-electron chi connectivity index (χ0n) is 16.5. The molecule has 0 unspecified atom stereocenters. The number of aromatic nitrogens is 1. The fraction of sp³-hybridized carbons (Fsp3) is 0.474. The van der Waals surface area contributed by atoms with E-state index in [9.17, 15) is 13.2 Å². The first-order chi connectivity index (χ1) is 13.8. The van der Waals surface area contributed by atoms with E-state index in [1.54, 1.807) is 14.0 Å². The Bertz CT molecular complexity index is 993. The quantitative estimate of drug-likeness (QED) is 0.727. The summed E-state index contributed by atoms with van der Waals surface area (Å²) in [5, 5.41) is 3.18. The van der Waals surface area contributed by atoms with Crippen molar-refractivity contribution in [2.24, 2.45) is 0 Å². The zero-order valence-corrected chi connectivity index (χ0v) is 18.1. The molecule has 1 saturated carbocycles. The van der Waals surface area contributed by atoms with Crippen LogP contribution in [0, 0.1) is 6.92 Å². The molecule has 0 radical (unpaired) electrons. The molecular formula is C19H25N5O3S2. The first-order valence-corrected chi connectivity index (χ1v) is 12.0. The summed E-state index contributed by atoms with van der Waals surface area (Å²) in [4.78, 5) is 20.6. The Balaban J connectivity index is 1.43. The molecule has 2 aromatic rings. The van der Waals surface area contributed by atoms with Crippen LogP contribution in [-0.2, 0) is 10.0 Å². The van der Waals surface area contributed by atoms with Crippen LogP contribution in [-0.4, -0.2) is 45.6 Å². The van der Waals surface area contributed by atoms with Crippen molar-refractivity contribution in [3.63, 3.8) is 0 Å². The Morgan fingerprint density at radius 1 is 1.21 bits per heavy atom. The highest BCUT2D eigenvalue weighted by Crippen LogP contribution is 2.31. The summed E-state index contributed by atoms with van der Waals surface area (Å²) in [6.45, 7) is 3.78. The van der Waals surface area contributed by atoms with Crippen molar-refractivity contribution in [3.05, 3.63) is 30.0 Å². The minimum atomic E-state index is -3.59. The van der Waals surface area contributed by atoms with Crippen LogP contribution in [0.3, 0.4) is 0 Å². The Kier molecular flexibility index (Phi) is 5.50. The van der Waals surface area contributed by atoms with Crippen molar-refractivity contribution in [1.29, 1.82) is 0 Å². The number of thiazole rings is 1. The number of carbonyl (C=O) groups is 1. The second kappa shape index (κ2) is 7.92. The number of aryl methyl sites for hydroxylation is 1. The summed E-state index contributed by atoms with van der Waals surface area (Å²) in [7, 11) is -2.01. The van der Waals surface area contributed by atoms with Crippen LogP contribution in [0.4, 0.5) is 21.3 Å². The third-order valence-electron chi connectivity index (χ3n) is 5.07. The molecule has 0 bridgehead atoms. The number of sulfonamides is 1. The maximum absolute atomic E-state index is 12.6. The smallest absolute Gasteiger partial charge is 0.327 e. The van der Waals surface area contributed by atoms with E-state index >= 15 is 0 Å². The normalized spacial score (nSPS) is 16.8. The van der Waals surface area contributed by atoms with E-state index in [0.29, 0.717) is 16.5 Å². The second-order valence-electron chi connectivity index (χ2n) is 7.50. The van der Waals surface area contributed by atoms with Gasteiger partial charge in [0.15, 0.2) is 9.34 Å². The number of anilines is 3. The van der Waals surface area contributed by atoms with Gasteiger partial charge in [0.05, 0.1) is 5.69 Å². The molecule has 156 valence electrons. The molecule has 1 aliphatic heterocycles. The number of rotatable bonds is 6. The average Bonchev–Trinajstić information content (AvgIpc) is 3.17. The Morgan fingerprint density at radius 2 is 1.86 bits per heavy atom. The van der Waals surface area contributed by atoms with Gasteiger partial charge in [0, 0.05) is 37.6 Å². The van der Waals surface area contributed by atoms with Gasteiger partial charge in [-0.25, -0.2) is 22.9 Å². The number of hydrogen-bond donors (Lipinski definition) is 2. The van der Waals surface area contributed by atoms with Gasteiger partial charge in [0.1, 0.15) is 0 Å². The van der Waals surface area contributed by atoms with E-state index in [1.807, 2.05) is 24.3 Å². The molecule has 0 atom stereocenters. The van der Waals surface area contributed by atoms with Crippen LogP contribution in [0.5, 0.6) is 0 Å². The summed E-state index contributed by atoms with van der Waals surface area (Å²) in [5.41, 5.74) is 2.23. The van der Waals surface area contributed by atoms with Gasteiger partial charge in [-0.1, -0.05) is 11.3 Å². The lowest BCUT2D eigenvalue weighted by molar-refractivity contribution is 0.258. The number of nitrogens with one attached hydrogen (secondary N) is 2. The first-order valence-electron chi connectivity index (χ1n) is 9.73. The summed E-state index contributed by atoms with van der Waals surface area (Å²) >= 11 is 0.999. The lowest BCUT2D eigenvalue weighted by atomic mass is 10.2. The molecule has 10 heteroatoms. The van der Waals surface area contributed by atoms with E-state index < -0.39 is 10.0 Å². The third kappa shape index (κ3) is 4.54. The average molecular weight is 436 g/mol. The van der Waals surface area contributed by atoms with Crippen molar-refractivity contribution in [2.75, 3.05) is 35.3 Å². The molecule has 2 fully saturated rings. The summed E-state index contributed by atoms with van der Waals surface area (Å²) in [5.74, 6) is 0. The van der Waals surface area contributed by atoms with E-state index in [4.69, 9.17) is 0 Å². The van der Waals surface area contributed by atoms with E-state index in [2.05, 4.69) is 19.9 Å². The summed E-state index contributed by atoms with van der Waals surface area (Å²) in [6.07, 6.45) is 4.15. The molecule has 29 heavy (non-hydrogen) atoms. The van der Waals surface area contributed by atoms with E-state index in [0.717, 1.165) is 43.0 Å². The monoisotopic (exact) mass is 435 g/mol. The topological polar surface area (TPSA) is 94.6 Å². The van der Waals surface area contributed by atoms with Gasteiger partial charge >= 0.3 is 6.03 Å². The predicted molar refractivity (Wildman–Crippen MR) is 116 cm³/mol. The van der Waals surface area contributed by atoms with E-state index in [-0.39, 0.29) is 16.3 Å². The van der Waals surface area contributed by atoms with Gasteiger partial charge in [0.2, 0.25) is 0 Å². The highest BCUT2D eigenvalue weighted by Gasteiger charge is 2.31. The third-order valence-corrected chi connectivity index (χ3v) is 8.43. The lowest BCUT2D eigenvalue weighted by Gasteiger charge is -2.18. The van der Waals surface area contributed by atoms with Crippen molar-refractivity contribution < 1.29 is 13.2 Å². The van der Waals surface area contributed by atoms with Gasteiger partial charge in [-0.05, 0) is 56.9 Å². The molecule has 4 rings (SSSR count). The largest absolute Gasteiger partial charge is 0.372 e. The Labute approximate surface area is 175 Å². The number of urea groups is 1. The van der Waals surface area contributed by atoms with Crippen LogP contribution in [0.2, 0.25) is 0 Å². The van der Waals surface area contributed by atoms with E-state index in [1.165, 1.54) is 17.7 Å².